The molecule has 0 saturated heterocycles. The Bertz CT molecular complexity index is 700. The fourth-order valence-corrected chi connectivity index (χ4v) is 1.81. The summed E-state index contributed by atoms with van der Waals surface area (Å²) in [4.78, 5) is 25.7. The average molecular weight is 296 g/mol. The first-order valence-electron chi connectivity index (χ1n) is 5.61. The van der Waals surface area contributed by atoms with Gasteiger partial charge in [-0.2, -0.15) is 13.2 Å². The van der Waals surface area contributed by atoms with Crippen LogP contribution in [0.4, 0.5) is 18.9 Å². The Labute approximate surface area is 116 Å². The predicted octanol–water partition coefficient (Wildman–Crippen LogP) is 3.24. The molecule has 0 bridgehead atoms. The number of carbonyl (C=O) groups excluding carboxylic acids is 1. The summed E-state index contributed by atoms with van der Waals surface area (Å²) in [6.07, 6.45) is -2.49. The lowest BCUT2D eigenvalue weighted by atomic mass is 9.97. The molecule has 0 spiro atoms. The van der Waals surface area contributed by atoms with Crippen LogP contribution in [0.25, 0.3) is 0 Å². The minimum absolute atomic E-state index is 0.155. The van der Waals surface area contributed by atoms with Crippen molar-refractivity contribution in [3.05, 3.63) is 69.5 Å². The zero-order chi connectivity index (χ0) is 15.6. The second kappa shape index (κ2) is 5.31. The highest BCUT2D eigenvalue weighted by molar-refractivity contribution is 6.12. The van der Waals surface area contributed by atoms with Gasteiger partial charge >= 0.3 is 6.18 Å². The van der Waals surface area contributed by atoms with Gasteiger partial charge in [-0.05, 0) is 18.2 Å². The van der Waals surface area contributed by atoms with E-state index in [4.69, 9.17) is 0 Å². The van der Waals surface area contributed by atoms with Gasteiger partial charge in [0.25, 0.3) is 5.69 Å². The second-order valence-electron chi connectivity index (χ2n) is 4.03. The number of hydrogen-bond acceptors (Lipinski definition) is 4. The summed E-state index contributed by atoms with van der Waals surface area (Å²) in [5.41, 5.74) is -3.37. The number of hydrogen-bond donors (Lipinski definition) is 0. The molecule has 1 aromatic heterocycles. The maximum atomic E-state index is 13.0. The largest absolute Gasteiger partial charge is 0.417 e. The third-order valence-electron chi connectivity index (χ3n) is 2.70. The van der Waals surface area contributed by atoms with E-state index in [1.807, 2.05) is 0 Å². The van der Waals surface area contributed by atoms with Crippen molar-refractivity contribution >= 4 is 11.5 Å². The third-order valence-corrected chi connectivity index (χ3v) is 2.70. The Kier molecular flexibility index (Phi) is 3.70. The summed E-state index contributed by atoms with van der Waals surface area (Å²) in [6.45, 7) is 0. The van der Waals surface area contributed by atoms with E-state index in [9.17, 15) is 28.1 Å². The molecule has 0 fully saturated rings. The normalized spacial score (nSPS) is 11.2. The summed E-state index contributed by atoms with van der Waals surface area (Å²) < 4.78 is 38.9. The van der Waals surface area contributed by atoms with E-state index < -0.39 is 33.7 Å². The Morgan fingerprint density at radius 2 is 1.90 bits per heavy atom. The number of nitro groups is 1. The van der Waals surface area contributed by atoms with Gasteiger partial charge in [0.1, 0.15) is 5.56 Å². The lowest BCUT2D eigenvalue weighted by molar-refractivity contribution is -0.385. The Morgan fingerprint density at radius 1 is 1.19 bits per heavy atom. The van der Waals surface area contributed by atoms with Crippen molar-refractivity contribution in [2.75, 3.05) is 0 Å². The smallest absolute Gasteiger partial charge is 0.288 e. The first kappa shape index (κ1) is 14.6. The molecule has 8 heteroatoms. The Morgan fingerprint density at radius 3 is 2.43 bits per heavy atom. The van der Waals surface area contributed by atoms with Crippen molar-refractivity contribution in [2.45, 2.75) is 6.18 Å². The van der Waals surface area contributed by atoms with Crippen molar-refractivity contribution < 1.29 is 22.9 Å². The van der Waals surface area contributed by atoms with Crippen LogP contribution in [0.5, 0.6) is 0 Å². The third kappa shape index (κ3) is 2.88. The van der Waals surface area contributed by atoms with Gasteiger partial charge in [-0.15, -0.1) is 0 Å². The van der Waals surface area contributed by atoms with E-state index in [0.717, 1.165) is 18.3 Å². The van der Waals surface area contributed by atoms with E-state index in [0.29, 0.717) is 6.07 Å². The number of pyridine rings is 1. The number of halogens is 3. The topological polar surface area (TPSA) is 73.1 Å². The molecule has 2 rings (SSSR count). The van der Waals surface area contributed by atoms with Crippen LogP contribution in [0.15, 0.2) is 42.7 Å². The molecular formula is C13H7F3N2O3. The van der Waals surface area contributed by atoms with E-state index in [1.54, 1.807) is 0 Å². The van der Waals surface area contributed by atoms with Crippen molar-refractivity contribution in [1.82, 2.24) is 4.98 Å². The molecule has 5 nitrogen and oxygen atoms in total. The molecule has 0 aliphatic heterocycles. The molecule has 0 amide bonds. The van der Waals surface area contributed by atoms with Crippen LogP contribution < -0.4 is 0 Å². The van der Waals surface area contributed by atoms with Crippen LogP contribution in [0.3, 0.4) is 0 Å². The standard InChI is InChI=1S/C13H7F3N2O3/c14-13(15,16)9-4-1-5-10(18(20)21)11(9)12(19)8-3-2-6-17-7-8/h1-7H. The highest BCUT2D eigenvalue weighted by Crippen LogP contribution is 2.36. The number of rotatable bonds is 3. The minimum Gasteiger partial charge on any atom is -0.288 e. The molecule has 0 atom stereocenters. The SMILES string of the molecule is O=C(c1cccnc1)c1c([N+](=O)[O-])cccc1C(F)(F)F. The van der Waals surface area contributed by atoms with Gasteiger partial charge in [0.2, 0.25) is 5.78 Å². The Hall–Kier alpha value is -2.77. The van der Waals surface area contributed by atoms with Crippen molar-refractivity contribution in [3.8, 4) is 0 Å². The van der Waals surface area contributed by atoms with Gasteiger partial charge in [0, 0.05) is 24.0 Å². The maximum absolute atomic E-state index is 13.0. The van der Waals surface area contributed by atoms with Crippen molar-refractivity contribution in [3.63, 3.8) is 0 Å². The summed E-state index contributed by atoms with van der Waals surface area (Å²) in [5, 5.41) is 10.9. The van der Waals surface area contributed by atoms with Gasteiger partial charge < -0.3 is 0 Å². The fourth-order valence-electron chi connectivity index (χ4n) is 1.81. The molecule has 0 aliphatic carbocycles. The predicted molar refractivity (Wildman–Crippen MR) is 65.8 cm³/mol. The number of alkyl halides is 3. The van der Waals surface area contributed by atoms with Crippen molar-refractivity contribution in [2.24, 2.45) is 0 Å². The molecule has 0 saturated carbocycles. The molecule has 0 radical (unpaired) electrons. The number of ketones is 1. The van der Waals surface area contributed by atoms with Crippen LogP contribution in [0.2, 0.25) is 0 Å². The van der Waals surface area contributed by atoms with E-state index in [1.165, 1.54) is 18.3 Å². The molecule has 108 valence electrons. The molecule has 2 aromatic rings. The number of benzene rings is 1. The summed E-state index contributed by atoms with van der Waals surface area (Å²) >= 11 is 0. The molecule has 1 heterocycles. The quantitative estimate of drug-likeness (QED) is 0.495. The Balaban J connectivity index is 2.71. The number of carbonyl (C=O) groups is 1. The van der Waals surface area contributed by atoms with Crippen LogP contribution in [-0.4, -0.2) is 15.7 Å². The van der Waals surface area contributed by atoms with Gasteiger partial charge in [-0.25, -0.2) is 0 Å². The van der Waals surface area contributed by atoms with E-state index in [-0.39, 0.29) is 5.56 Å². The van der Waals surface area contributed by atoms with E-state index >= 15 is 0 Å². The van der Waals surface area contributed by atoms with Gasteiger partial charge in [-0.3, -0.25) is 19.9 Å². The molecular weight excluding hydrogens is 289 g/mol. The first-order chi connectivity index (χ1) is 9.82. The molecule has 0 N–H and O–H groups in total. The lowest BCUT2D eigenvalue weighted by Crippen LogP contribution is -2.16. The molecule has 21 heavy (non-hydrogen) atoms. The highest BCUT2D eigenvalue weighted by atomic mass is 19.4. The van der Waals surface area contributed by atoms with Crippen LogP contribution >= 0.6 is 0 Å². The minimum atomic E-state index is -4.88. The summed E-state index contributed by atoms with van der Waals surface area (Å²) in [5.74, 6) is -1.09. The zero-order valence-electron chi connectivity index (χ0n) is 10.3. The monoisotopic (exact) mass is 296 g/mol. The van der Waals surface area contributed by atoms with Crippen LogP contribution in [0.1, 0.15) is 21.5 Å². The van der Waals surface area contributed by atoms with E-state index in [2.05, 4.69) is 4.98 Å². The van der Waals surface area contributed by atoms with Crippen molar-refractivity contribution in [1.29, 1.82) is 0 Å². The fraction of sp³-hybridized carbons (Fsp3) is 0.0769. The second-order valence-corrected chi connectivity index (χ2v) is 4.03. The number of nitro benzene ring substituents is 1. The van der Waals surface area contributed by atoms with Crippen LogP contribution in [-0.2, 0) is 6.18 Å². The van der Waals surface area contributed by atoms with Gasteiger partial charge in [-0.1, -0.05) is 6.07 Å². The average Bonchev–Trinajstić information content (AvgIpc) is 2.45. The summed E-state index contributed by atoms with van der Waals surface area (Å²) in [7, 11) is 0. The zero-order valence-corrected chi connectivity index (χ0v) is 10.3. The molecule has 0 aliphatic rings. The first-order valence-corrected chi connectivity index (χ1v) is 5.61. The summed E-state index contributed by atoms with van der Waals surface area (Å²) in [6, 6.07) is 4.98. The number of nitrogens with zero attached hydrogens (tertiary/aromatic N) is 2. The maximum Gasteiger partial charge on any atom is 0.417 e. The number of aromatic nitrogens is 1. The highest BCUT2D eigenvalue weighted by Gasteiger charge is 2.39. The van der Waals surface area contributed by atoms with Gasteiger partial charge in [0.05, 0.1) is 10.5 Å². The lowest BCUT2D eigenvalue weighted by Gasteiger charge is -2.12. The molecule has 0 unspecified atom stereocenters. The van der Waals surface area contributed by atoms with Crippen LogP contribution in [0, 0.1) is 10.1 Å². The molecule has 1 aromatic carbocycles. The van der Waals surface area contributed by atoms with Gasteiger partial charge in [0.15, 0.2) is 0 Å².